The van der Waals surface area contributed by atoms with Crippen LogP contribution < -0.4 is 10.6 Å². The number of carbonyl (C=O) groups is 1. The molecule has 1 aliphatic rings. The summed E-state index contributed by atoms with van der Waals surface area (Å²) in [7, 11) is 0. The number of hydrogen-bond donors (Lipinski definition) is 2. The topological polar surface area (TPSA) is 54.0 Å². The van der Waals surface area contributed by atoms with Gasteiger partial charge < -0.3 is 10.6 Å². The Balaban J connectivity index is 2.24. The van der Waals surface area contributed by atoms with Gasteiger partial charge in [0.1, 0.15) is 5.69 Å². The number of rotatable bonds is 3. The summed E-state index contributed by atoms with van der Waals surface area (Å²) in [6.45, 7) is 3.89. The van der Waals surface area contributed by atoms with Gasteiger partial charge in [0.25, 0.3) is 5.91 Å². The lowest BCUT2D eigenvalue weighted by Crippen LogP contribution is -2.24. The van der Waals surface area contributed by atoms with Gasteiger partial charge in [0.2, 0.25) is 5.95 Å². The lowest BCUT2D eigenvalue weighted by atomic mass is 10.0. The van der Waals surface area contributed by atoms with Crippen molar-refractivity contribution in [3.8, 4) is 0 Å². The fourth-order valence-corrected chi connectivity index (χ4v) is 1.92. The van der Waals surface area contributed by atoms with Gasteiger partial charge in [-0.25, -0.2) is 4.98 Å². The molecule has 2 N–H and O–H groups in total. The van der Waals surface area contributed by atoms with Crippen molar-refractivity contribution < 1.29 is 9.18 Å². The Hall–Kier alpha value is -1.75. The lowest BCUT2D eigenvalue weighted by Gasteiger charge is -2.14. The molecule has 0 atom stereocenters. The van der Waals surface area contributed by atoms with Gasteiger partial charge in [-0.1, -0.05) is 6.08 Å². The molecule has 0 spiro atoms. The Morgan fingerprint density at radius 3 is 3.00 bits per heavy atom. The van der Waals surface area contributed by atoms with E-state index >= 15 is 0 Å². The van der Waals surface area contributed by atoms with Crippen LogP contribution in [-0.4, -0.2) is 30.5 Å². The summed E-state index contributed by atoms with van der Waals surface area (Å²) in [5.41, 5.74) is 1.55. The largest absolute Gasteiger partial charge is 0.351 e. The number of aromatic nitrogens is 1. The Labute approximate surface area is 105 Å². The van der Waals surface area contributed by atoms with E-state index in [2.05, 4.69) is 15.6 Å². The van der Waals surface area contributed by atoms with Gasteiger partial charge in [-0.2, -0.15) is 4.39 Å². The normalized spacial score (nSPS) is 15.1. The zero-order chi connectivity index (χ0) is 13.0. The lowest BCUT2D eigenvalue weighted by molar-refractivity contribution is 0.0949. The predicted octanol–water partition coefficient (Wildman–Crippen LogP) is 1.35. The smallest absolute Gasteiger partial charge is 0.269 e. The van der Waals surface area contributed by atoms with Crippen molar-refractivity contribution in [2.75, 3.05) is 19.6 Å². The molecule has 4 nitrogen and oxygen atoms in total. The zero-order valence-electron chi connectivity index (χ0n) is 10.3. The zero-order valence-corrected chi connectivity index (χ0v) is 10.3. The van der Waals surface area contributed by atoms with Crippen LogP contribution in [0.2, 0.25) is 0 Å². The number of nitrogens with zero attached hydrogens (tertiary/aromatic N) is 1. The van der Waals surface area contributed by atoms with Crippen LogP contribution in [0.1, 0.15) is 29.4 Å². The predicted molar refractivity (Wildman–Crippen MR) is 67.7 cm³/mol. The van der Waals surface area contributed by atoms with Crippen LogP contribution in [-0.2, 0) is 0 Å². The standard InChI is InChI=1S/C13H16FN3O/c1-2-16-13(18)11-4-3-10(12(14)17-11)9-5-7-15-8-6-9/h3-5,15H,2,6-8H2,1H3,(H,16,18). The van der Waals surface area contributed by atoms with Gasteiger partial charge in [0.05, 0.1) is 0 Å². The van der Waals surface area contributed by atoms with Crippen molar-refractivity contribution in [3.05, 3.63) is 35.4 Å². The molecule has 1 aromatic heterocycles. The Morgan fingerprint density at radius 1 is 1.56 bits per heavy atom. The molecule has 0 radical (unpaired) electrons. The summed E-state index contributed by atoms with van der Waals surface area (Å²) in [4.78, 5) is 15.2. The van der Waals surface area contributed by atoms with Gasteiger partial charge >= 0.3 is 0 Å². The highest BCUT2D eigenvalue weighted by Gasteiger charge is 2.14. The third kappa shape index (κ3) is 2.73. The minimum Gasteiger partial charge on any atom is -0.351 e. The Morgan fingerprint density at radius 2 is 2.39 bits per heavy atom. The minimum atomic E-state index is -0.577. The molecule has 0 bridgehead atoms. The first kappa shape index (κ1) is 12.7. The molecule has 0 aliphatic carbocycles. The fourth-order valence-electron chi connectivity index (χ4n) is 1.92. The summed E-state index contributed by atoms with van der Waals surface area (Å²) in [5.74, 6) is -0.922. The molecule has 1 aromatic rings. The molecule has 1 amide bonds. The molecule has 96 valence electrons. The molecule has 0 saturated heterocycles. The Bertz CT molecular complexity index is 485. The maximum atomic E-state index is 13.9. The molecule has 18 heavy (non-hydrogen) atoms. The van der Waals surface area contributed by atoms with E-state index < -0.39 is 5.95 Å². The maximum absolute atomic E-state index is 13.9. The summed E-state index contributed by atoms with van der Waals surface area (Å²) >= 11 is 0. The second-order valence-corrected chi connectivity index (χ2v) is 4.08. The van der Waals surface area contributed by atoms with E-state index in [1.54, 1.807) is 12.1 Å². The van der Waals surface area contributed by atoms with Crippen LogP contribution in [0.15, 0.2) is 18.2 Å². The van der Waals surface area contributed by atoms with Crippen LogP contribution in [0.5, 0.6) is 0 Å². The Kier molecular flexibility index (Phi) is 4.04. The van der Waals surface area contributed by atoms with Gasteiger partial charge in [-0.15, -0.1) is 0 Å². The van der Waals surface area contributed by atoms with Crippen LogP contribution in [0.3, 0.4) is 0 Å². The molecular weight excluding hydrogens is 233 g/mol. The first-order valence-corrected chi connectivity index (χ1v) is 6.07. The van der Waals surface area contributed by atoms with Crippen molar-refractivity contribution in [2.45, 2.75) is 13.3 Å². The minimum absolute atomic E-state index is 0.118. The highest BCUT2D eigenvalue weighted by atomic mass is 19.1. The first-order chi connectivity index (χ1) is 8.72. The van der Waals surface area contributed by atoms with E-state index in [1.165, 1.54) is 0 Å². The van der Waals surface area contributed by atoms with Gasteiger partial charge in [-0.3, -0.25) is 4.79 Å². The quantitative estimate of drug-likeness (QED) is 0.795. The number of halogens is 1. The van der Waals surface area contributed by atoms with E-state index in [1.807, 2.05) is 13.0 Å². The van der Waals surface area contributed by atoms with E-state index in [4.69, 9.17) is 0 Å². The molecule has 2 heterocycles. The van der Waals surface area contributed by atoms with Gasteiger partial charge in [0, 0.05) is 18.7 Å². The highest BCUT2D eigenvalue weighted by molar-refractivity contribution is 5.92. The third-order valence-corrected chi connectivity index (χ3v) is 2.83. The molecule has 0 fully saturated rings. The molecule has 2 rings (SSSR count). The van der Waals surface area contributed by atoms with Gasteiger partial charge in [-0.05, 0) is 37.6 Å². The van der Waals surface area contributed by atoms with Crippen molar-refractivity contribution >= 4 is 11.5 Å². The number of nitrogens with one attached hydrogen (secondary N) is 2. The number of amides is 1. The van der Waals surface area contributed by atoms with E-state index in [0.29, 0.717) is 12.1 Å². The van der Waals surface area contributed by atoms with Crippen molar-refractivity contribution in [3.63, 3.8) is 0 Å². The molecule has 0 aromatic carbocycles. The summed E-state index contributed by atoms with van der Waals surface area (Å²) in [5, 5.41) is 5.76. The summed E-state index contributed by atoms with van der Waals surface area (Å²) in [6.07, 6.45) is 2.73. The monoisotopic (exact) mass is 249 g/mol. The molecular formula is C13H16FN3O. The molecule has 0 unspecified atom stereocenters. The highest BCUT2D eigenvalue weighted by Crippen LogP contribution is 2.21. The third-order valence-electron chi connectivity index (χ3n) is 2.83. The molecule has 0 saturated carbocycles. The van der Waals surface area contributed by atoms with E-state index in [9.17, 15) is 9.18 Å². The van der Waals surface area contributed by atoms with Crippen molar-refractivity contribution in [1.82, 2.24) is 15.6 Å². The maximum Gasteiger partial charge on any atom is 0.269 e. The van der Waals surface area contributed by atoms with Crippen LogP contribution in [0, 0.1) is 5.95 Å². The summed E-state index contributed by atoms with van der Waals surface area (Å²) in [6, 6.07) is 3.19. The number of pyridine rings is 1. The molecule has 5 heteroatoms. The van der Waals surface area contributed by atoms with E-state index in [0.717, 1.165) is 25.1 Å². The van der Waals surface area contributed by atoms with Crippen molar-refractivity contribution in [1.29, 1.82) is 0 Å². The van der Waals surface area contributed by atoms with E-state index in [-0.39, 0.29) is 11.6 Å². The van der Waals surface area contributed by atoms with Crippen LogP contribution in [0.25, 0.3) is 5.57 Å². The average molecular weight is 249 g/mol. The first-order valence-electron chi connectivity index (χ1n) is 6.07. The fraction of sp³-hybridized carbons (Fsp3) is 0.385. The van der Waals surface area contributed by atoms with Crippen LogP contribution >= 0.6 is 0 Å². The second kappa shape index (κ2) is 5.73. The average Bonchev–Trinajstić information content (AvgIpc) is 2.40. The van der Waals surface area contributed by atoms with Gasteiger partial charge in [0.15, 0.2) is 0 Å². The van der Waals surface area contributed by atoms with Crippen LogP contribution in [0.4, 0.5) is 4.39 Å². The molecule has 1 aliphatic heterocycles. The SMILES string of the molecule is CCNC(=O)c1ccc(C2=CCNCC2)c(F)n1. The number of carbonyl (C=O) groups excluding carboxylic acids is 1. The van der Waals surface area contributed by atoms with Crippen molar-refractivity contribution in [2.24, 2.45) is 0 Å². The summed E-state index contributed by atoms with van der Waals surface area (Å²) < 4.78 is 13.9. The second-order valence-electron chi connectivity index (χ2n) is 4.08. The number of hydrogen-bond acceptors (Lipinski definition) is 3.